The van der Waals surface area contributed by atoms with Crippen LogP contribution in [0.3, 0.4) is 0 Å². The summed E-state index contributed by atoms with van der Waals surface area (Å²) in [6, 6.07) is 3.76. The van der Waals surface area contributed by atoms with Gasteiger partial charge < -0.3 is 15.8 Å². The first-order chi connectivity index (χ1) is 9.64. The third kappa shape index (κ3) is 2.45. The second-order valence-corrected chi connectivity index (χ2v) is 5.10. The van der Waals surface area contributed by atoms with E-state index in [9.17, 15) is 4.79 Å². The van der Waals surface area contributed by atoms with E-state index in [1.807, 2.05) is 19.1 Å². The van der Waals surface area contributed by atoms with Gasteiger partial charge in [0.1, 0.15) is 5.41 Å². The predicted octanol–water partition coefficient (Wildman–Crippen LogP) is 1.35. The molecule has 0 atom stereocenters. The van der Waals surface area contributed by atoms with Crippen LogP contribution in [0.2, 0.25) is 0 Å². The first-order valence-electron chi connectivity index (χ1n) is 6.80. The van der Waals surface area contributed by atoms with E-state index in [0.29, 0.717) is 25.9 Å². The highest BCUT2D eigenvalue weighted by Crippen LogP contribution is 2.43. The number of carbonyl (C=O) groups is 1. The number of hydrogen-bond acceptors (Lipinski definition) is 4. The van der Waals surface area contributed by atoms with Crippen molar-refractivity contribution in [3.8, 4) is 0 Å². The maximum Gasteiger partial charge on any atom is 0.236 e. The molecule has 0 saturated heterocycles. The average Bonchev–Trinajstić information content (AvgIpc) is 2.44. The molecule has 0 spiro atoms. The Labute approximate surface area is 118 Å². The molecule has 1 aliphatic carbocycles. The largest absolute Gasteiger partial charge is 0.409 e. The summed E-state index contributed by atoms with van der Waals surface area (Å²) in [5.74, 6) is -0.0275. The number of rotatable bonds is 5. The number of carbonyl (C=O) groups excluding carboxylic acids is 1. The van der Waals surface area contributed by atoms with Crippen molar-refractivity contribution in [1.82, 2.24) is 9.88 Å². The molecule has 0 radical (unpaired) electrons. The summed E-state index contributed by atoms with van der Waals surface area (Å²) in [6.07, 6.45) is 5.63. The van der Waals surface area contributed by atoms with Crippen LogP contribution in [0.1, 0.15) is 31.7 Å². The summed E-state index contributed by atoms with van der Waals surface area (Å²) in [7, 11) is 0. The van der Waals surface area contributed by atoms with Crippen molar-refractivity contribution in [3.05, 3.63) is 30.1 Å². The summed E-state index contributed by atoms with van der Waals surface area (Å²) < 4.78 is 0. The molecule has 0 unspecified atom stereocenters. The number of oxime groups is 1. The fourth-order valence-electron chi connectivity index (χ4n) is 2.54. The molecular weight excluding hydrogens is 256 g/mol. The average molecular weight is 276 g/mol. The van der Waals surface area contributed by atoms with Crippen LogP contribution in [0, 0.1) is 5.41 Å². The highest BCUT2D eigenvalue weighted by Gasteiger charge is 2.50. The molecule has 6 heteroatoms. The summed E-state index contributed by atoms with van der Waals surface area (Å²) in [4.78, 5) is 18.4. The molecule has 0 bridgehead atoms. The van der Waals surface area contributed by atoms with Gasteiger partial charge in [-0.2, -0.15) is 0 Å². The van der Waals surface area contributed by atoms with Gasteiger partial charge in [0, 0.05) is 25.5 Å². The van der Waals surface area contributed by atoms with E-state index in [4.69, 9.17) is 10.9 Å². The van der Waals surface area contributed by atoms with E-state index >= 15 is 0 Å². The quantitative estimate of drug-likeness (QED) is 0.367. The second kappa shape index (κ2) is 5.90. The lowest BCUT2D eigenvalue weighted by molar-refractivity contribution is -0.142. The topological polar surface area (TPSA) is 91.8 Å². The van der Waals surface area contributed by atoms with Gasteiger partial charge in [-0.05, 0) is 37.5 Å². The van der Waals surface area contributed by atoms with E-state index in [-0.39, 0.29) is 11.7 Å². The van der Waals surface area contributed by atoms with Crippen LogP contribution in [0.15, 0.2) is 29.7 Å². The molecule has 108 valence electrons. The lowest BCUT2D eigenvalue weighted by atomic mass is 9.66. The fourth-order valence-corrected chi connectivity index (χ4v) is 2.54. The van der Waals surface area contributed by atoms with Gasteiger partial charge in [-0.15, -0.1) is 0 Å². The molecule has 1 aliphatic rings. The normalized spacial score (nSPS) is 17.4. The standard InChI is InChI=1S/C14H20N4O2/c1-2-18(10-11-4-8-16-9-5-11)13(19)14(6-3-7-14)12(15)17-20/h4-5,8-9,20H,2-3,6-7,10H2,1H3,(H2,15,17). The van der Waals surface area contributed by atoms with Crippen molar-refractivity contribution in [1.29, 1.82) is 0 Å². The minimum absolute atomic E-state index is 0.0296. The van der Waals surface area contributed by atoms with Crippen molar-refractivity contribution < 1.29 is 10.0 Å². The smallest absolute Gasteiger partial charge is 0.236 e. The van der Waals surface area contributed by atoms with Crippen molar-refractivity contribution in [3.63, 3.8) is 0 Å². The molecule has 1 saturated carbocycles. The minimum atomic E-state index is -0.808. The highest BCUT2D eigenvalue weighted by atomic mass is 16.4. The number of amides is 1. The lowest BCUT2D eigenvalue weighted by Crippen LogP contribution is -2.55. The molecule has 6 nitrogen and oxygen atoms in total. The van der Waals surface area contributed by atoms with Gasteiger partial charge in [-0.25, -0.2) is 0 Å². The third-order valence-electron chi connectivity index (χ3n) is 4.01. The van der Waals surface area contributed by atoms with Crippen LogP contribution in [0.25, 0.3) is 0 Å². The maximum atomic E-state index is 12.7. The number of aromatic nitrogens is 1. The van der Waals surface area contributed by atoms with Crippen LogP contribution in [-0.4, -0.2) is 33.4 Å². The fraction of sp³-hybridized carbons (Fsp3) is 0.500. The zero-order valence-corrected chi connectivity index (χ0v) is 11.6. The van der Waals surface area contributed by atoms with Gasteiger partial charge in [0.2, 0.25) is 5.91 Å². The number of pyridine rings is 1. The van der Waals surface area contributed by atoms with Crippen LogP contribution in [-0.2, 0) is 11.3 Å². The molecule has 3 N–H and O–H groups in total. The van der Waals surface area contributed by atoms with Crippen molar-refractivity contribution in [2.24, 2.45) is 16.3 Å². The molecule has 0 aliphatic heterocycles. The zero-order chi connectivity index (χ0) is 14.6. The minimum Gasteiger partial charge on any atom is -0.409 e. The first kappa shape index (κ1) is 14.3. The number of hydrogen-bond donors (Lipinski definition) is 2. The van der Waals surface area contributed by atoms with E-state index in [1.54, 1.807) is 17.3 Å². The van der Waals surface area contributed by atoms with Crippen LogP contribution in [0.4, 0.5) is 0 Å². The van der Waals surface area contributed by atoms with Crippen molar-refractivity contribution in [2.75, 3.05) is 6.54 Å². The lowest BCUT2D eigenvalue weighted by Gasteiger charge is -2.42. The Kier molecular flexibility index (Phi) is 4.22. The maximum absolute atomic E-state index is 12.7. The van der Waals surface area contributed by atoms with Gasteiger partial charge in [-0.1, -0.05) is 11.6 Å². The van der Waals surface area contributed by atoms with Gasteiger partial charge >= 0.3 is 0 Å². The van der Waals surface area contributed by atoms with Gasteiger partial charge in [0.05, 0.1) is 0 Å². The van der Waals surface area contributed by atoms with E-state index in [2.05, 4.69) is 10.1 Å². The summed E-state index contributed by atoms with van der Waals surface area (Å²) in [6.45, 7) is 3.03. The van der Waals surface area contributed by atoms with Crippen LogP contribution in [0.5, 0.6) is 0 Å². The van der Waals surface area contributed by atoms with Gasteiger partial charge in [0.15, 0.2) is 5.84 Å². The number of nitrogens with two attached hydrogens (primary N) is 1. The van der Waals surface area contributed by atoms with Crippen molar-refractivity contribution >= 4 is 11.7 Å². The van der Waals surface area contributed by atoms with Crippen LogP contribution >= 0.6 is 0 Å². The molecule has 1 aromatic rings. The highest BCUT2D eigenvalue weighted by molar-refractivity contribution is 6.07. The Bertz CT molecular complexity index is 497. The molecule has 20 heavy (non-hydrogen) atoms. The Morgan fingerprint density at radius 1 is 1.50 bits per heavy atom. The molecule has 0 aromatic carbocycles. The Morgan fingerprint density at radius 2 is 2.15 bits per heavy atom. The molecule has 1 heterocycles. The molecule has 1 amide bonds. The Morgan fingerprint density at radius 3 is 2.60 bits per heavy atom. The van der Waals surface area contributed by atoms with E-state index in [1.165, 1.54) is 0 Å². The summed E-state index contributed by atoms with van der Waals surface area (Å²) >= 11 is 0. The zero-order valence-electron chi connectivity index (χ0n) is 11.6. The summed E-state index contributed by atoms with van der Waals surface area (Å²) in [5, 5.41) is 12.0. The van der Waals surface area contributed by atoms with E-state index < -0.39 is 5.41 Å². The van der Waals surface area contributed by atoms with Crippen LogP contribution < -0.4 is 5.73 Å². The predicted molar refractivity (Wildman–Crippen MR) is 75.0 cm³/mol. The number of amidine groups is 1. The second-order valence-electron chi connectivity index (χ2n) is 5.10. The molecule has 1 aromatic heterocycles. The monoisotopic (exact) mass is 276 g/mol. The Balaban J connectivity index is 2.17. The summed E-state index contributed by atoms with van der Waals surface area (Å²) in [5.41, 5.74) is 5.95. The van der Waals surface area contributed by atoms with E-state index in [0.717, 1.165) is 12.0 Å². The van der Waals surface area contributed by atoms with Gasteiger partial charge in [0.25, 0.3) is 0 Å². The number of nitrogens with zero attached hydrogens (tertiary/aromatic N) is 3. The van der Waals surface area contributed by atoms with Crippen molar-refractivity contribution in [2.45, 2.75) is 32.7 Å². The first-order valence-corrected chi connectivity index (χ1v) is 6.80. The molecule has 2 rings (SSSR count). The SMILES string of the molecule is CCN(Cc1ccncc1)C(=O)C1(/C(N)=N/O)CCC1. The Hall–Kier alpha value is -2.11. The van der Waals surface area contributed by atoms with Gasteiger partial charge in [-0.3, -0.25) is 9.78 Å². The molecule has 1 fully saturated rings. The third-order valence-corrected chi connectivity index (χ3v) is 4.01. The molecular formula is C14H20N4O2.